The number of esters is 1. The van der Waals surface area contributed by atoms with E-state index in [1.165, 1.54) is 6.07 Å². The third-order valence-corrected chi connectivity index (χ3v) is 4.26. The summed E-state index contributed by atoms with van der Waals surface area (Å²) in [6.45, 7) is 3.36. The summed E-state index contributed by atoms with van der Waals surface area (Å²) in [6, 6.07) is 9.08. The van der Waals surface area contributed by atoms with Crippen LogP contribution in [0.15, 0.2) is 36.4 Å². The fourth-order valence-electron chi connectivity index (χ4n) is 3.04. The maximum Gasteiger partial charge on any atom is 0.326 e. The molecule has 0 bridgehead atoms. The number of ether oxygens (including phenoxy) is 2. The number of carbonyl (C=O) groups excluding carboxylic acids is 3. The predicted molar refractivity (Wildman–Crippen MR) is 101 cm³/mol. The second kappa shape index (κ2) is 8.09. The van der Waals surface area contributed by atoms with E-state index < -0.39 is 29.3 Å². The molecule has 0 saturated heterocycles. The first kappa shape index (κ1) is 20.0. The van der Waals surface area contributed by atoms with Crippen molar-refractivity contribution in [3.05, 3.63) is 68.8 Å². The molecular formula is C20H18N2O7. The summed E-state index contributed by atoms with van der Waals surface area (Å²) in [7, 11) is 0. The zero-order valence-electron chi connectivity index (χ0n) is 15.8. The van der Waals surface area contributed by atoms with Crippen LogP contribution >= 0.6 is 0 Å². The highest BCUT2D eigenvalue weighted by Crippen LogP contribution is 2.26. The zero-order chi connectivity index (χ0) is 21.1. The summed E-state index contributed by atoms with van der Waals surface area (Å²) < 4.78 is 10.6. The number of fused-ring (bicyclic) bond motifs is 1. The van der Waals surface area contributed by atoms with Crippen LogP contribution in [0.2, 0.25) is 0 Å². The number of aryl methyl sites for hydroxylation is 2. The molecule has 2 aromatic carbocycles. The Morgan fingerprint density at radius 3 is 2.31 bits per heavy atom. The predicted octanol–water partition coefficient (Wildman–Crippen LogP) is 2.43. The van der Waals surface area contributed by atoms with E-state index in [1.54, 1.807) is 0 Å². The number of amides is 2. The van der Waals surface area contributed by atoms with E-state index in [2.05, 4.69) is 0 Å². The van der Waals surface area contributed by atoms with Gasteiger partial charge in [-0.05, 0) is 43.2 Å². The Hall–Kier alpha value is -3.75. The van der Waals surface area contributed by atoms with Gasteiger partial charge < -0.3 is 9.47 Å². The van der Waals surface area contributed by atoms with Gasteiger partial charge in [0.05, 0.1) is 16.1 Å². The lowest BCUT2D eigenvalue weighted by molar-refractivity contribution is -0.384. The molecule has 0 radical (unpaired) electrons. The SMILES string of the molecule is Cc1cc(C)cc(OCCOC(=O)CN2C(=O)c3ccc([N+](=O)[O-])cc3C2=O)c1. The average molecular weight is 398 g/mol. The Morgan fingerprint density at radius 2 is 1.66 bits per heavy atom. The smallest absolute Gasteiger partial charge is 0.326 e. The first-order valence-electron chi connectivity index (χ1n) is 8.77. The molecule has 9 nitrogen and oxygen atoms in total. The van der Waals surface area contributed by atoms with Gasteiger partial charge in [-0.15, -0.1) is 0 Å². The van der Waals surface area contributed by atoms with E-state index in [-0.39, 0.29) is 30.0 Å². The highest BCUT2D eigenvalue weighted by atomic mass is 16.6. The lowest BCUT2D eigenvalue weighted by Crippen LogP contribution is -2.36. The van der Waals surface area contributed by atoms with Gasteiger partial charge in [0.2, 0.25) is 0 Å². The van der Waals surface area contributed by atoms with Gasteiger partial charge in [-0.1, -0.05) is 6.07 Å². The Morgan fingerprint density at radius 1 is 1.00 bits per heavy atom. The number of carbonyl (C=O) groups is 3. The van der Waals surface area contributed by atoms with Crippen LogP contribution in [0.4, 0.5) is 5.69 Å². The highest BCUT2D eigenvalue weighted by Gasteiger charge is 2.38. The van der Waals surface area contributed by atoms with E-state index >= 15 is 0 Å². The van der Waals surface area contributed by atoms with E-state index in [1.807, 2.05) is 32.0 Å². The maximum atomic E-state index is 12.3. The van der Waals surface area contributed by atoms with Crippen molar-refractivity contribution in [2.75, 3.05) is 19.8 Å². The first-order chi connectivity index (χ1) is 13.8. The second-order valence-corrected chi connectivity index (χ2v) is 6.58. The van der Waals surface area contributed by atoms with E-state index in [0.717, 1.165) is 23.3 Å². The van der Waals surface area contributed by atoms with Crippen molar-refractivity contribution in [3.8, 4) is 5.75 Å². The molecule has 1 aliphatic rings. The summed E-state index contributed by atoms with van der Waals surface area (Å²) in [5.41, 5.74) is 1.70. The Kier molecular flexibility index (Phi) is 5.58. The number of rotatable bonds is 7. The molecule has 0 atom stereocenters. The minimum atomic E-state index is -0.780. The molecule has 0 fully saturated rings. The molecule has 0 N–H and O–H groups in total. The van der Waals surface area contributed by atoms with E-state index in [9.17, 15) is 24.5 Å². The summed E-state index contributed by atoms with van der Waals surface area (Å²) in [6.07, 6.45) is 0. The molecule has 1 heterocycles. The normalized spacial score (nSPS) is 12.7. The van der Waals surface area contributed by atoms with Crippen LogP contribution in [0, 0.1) is 24.0 Å². The summed E-state index contributed by atoms with van der Waals surface area (Å²) >= 11 is 0. The lowest BCUT2D eigenvalue weighted by atomic mass is 10.1. The van der Waals surface area contributed by atoms with Gasteiger partial charge in [-0.3, -0.25) is 29.4 Å². The highest BCUT2D eigenvalue weighted by molar-refractivity contribution is 6.22. The third-order valence-electron chi connectivity index (χ3n) is 4.26. The van der Waals surface area contributed by atoms with Crippen molar-refractivity contribution in [1.82, 2.24) is 4.90 Å². The lowest BCUT2D eigenvalue weighted by Gasteiger charge is -2.13. The van der Waals surface area contributed by atoms with Crippen LogP contribution in [-0.2, 0) is 9.53 Å². The monoisotopic (exact) mass is 398 g/mol. The topological polar surface area (TPSA) is 116 Å². The summed E-state index contributed by atoms with van der Waals surface area (Å²) in [5.74, 6) is -1.58. The molecule has 3 rings (SSSR count). The van der Waals surface area contributed by atoms with Crippen molar-refractivity contribution in [3.63, 3.8) is 0 Å². The summed E-state index contributed by atoms with van der Waals surface area (Å²) in [5, 5.41) is 10.8. The quantitative estimate of drug-likeness (QED) is 0.231. The third kappa shape index (κ3) is 4.40. The fourth-order valence-corrected chi connectivity index (χ4v) is 3.04. The molecule has 2 amide bonds. The second-order valence-electron chi connectivity index (χ2n) is 6.58. The number of non-ortho nitro benzene ring substituents is 1. The molecule has 0 spiro atoms. The molecule has 0 aliphatic carbocycles. The van der Waals surface area contributed by atoms with Crippen LogP contribution in [0.25, 0.3) is 0 Å². The number of benzene rings is 2. The molecule has 1 aliphatic heterocycles. The van der Waals surface area contributed by atoms with Crippen LogP contribution in [0.1, 0.15) is 31.8 Å². The Bertz CT molecular complexity index is 996. The van der Waals surface area contributed by atoms with Gasteiger partial charge in [-0.2, -0.15) is 0 Å². The van der Waals surface area contributed by atoms with Gasteiger partial charge in [0.25, 0.3) is 17.5 Å². The number of nitro groups is 1. The first-order valence-corrected chi connectivity index (χ1v) is 8.77. The van der Waals surface area contributed by atoms with Gasteiger partial charge in [0, 0.05) is 12.1 Å². The van der Waals surface area contributed by atoms with Crippen molar-refractivity contribution in [2.45, 2.75) is 13.8 Å². The maximum absolute atomic E-state index is 12.3. The molecular weight excluding hydrogens is 380 g/mol. The zero-order valence-corrected chi connectivity index (χ0v) is 15.8. The molecule has 29 heavy (non-hydrogen) atoms. The van der Waals surface area contributed by atoms with Crippen molar-refractivity contribution < 1.29 is 28.8 Å². The van der Waals surface area contributed by atoms with Gasteiger partial charge >= 0.3 is 5.97 Å². The van der Waals surface area contributed by atoms with Crippen LogP contribution < -0.4 is 4.74 Å². The van der Waals surface area contributed by atoms with Crippen molar-refractivity contribution >= 4 is 23.5 Å². The largest absolute Gasteiger partial charge is 0.490 e. The molecule has 9 heteroatoms. The molecule has 0 saturated carbocycles. The van der Waals surface area contributed by atoms with Crippen LogP contribution in [0.3, 0.4) is 0 Å². The van der Waals surface area contributed by atoms with E-state index in [0.29, 0.717) is 10.6 Å². The number of nitrogens with zero attached hydrogens (tertiary/aromatic N) is 2. The molecule has 0 aromatic heterocycles. The number of hydrogen-bond acceptors (Lipinski definition) is 7. The van der Waals surface area contributed by atoms with Crippen molar-refractivity contribution in [1.29, 1.82) is 0 Å². The molecule has 0 unspecified atom stereocenters. The molecule has 150 valence electrons. The Balaban J connectivity index is 1.53. The Labute approximate surface area is 166 Å². The minimum Gasteiger partial charge on any atom is -0.490 e. The van der Waals surface area contributed by atoms with Crippen LogP contribution in [0.5, 0.6) is 5.75 Å². The number of imide groups is 1. The number of hydrogen-bond donors (Lipinski definition) is 0. The standard InChI is InChI=1S/C20H18N2O7/c1-12-7-13(2)9-15(8-12)28-5-6-29-18(23)11-21-19(24)16-4-3-14(22(26)27)10-17(16)20(21)25/h3-4,7-10H,5-6,11H2,1-2H3. The van der Waals surface area contributed by atoms with Crippen molar-refractivity contribution in [2.24, 2.45) is 0 Å². The van der Waals surface area contributed by atoms with Gasteiger partial charge in [-0.25, -0.2) is 0 Å². The fraction of sp³-hybridized carbons (Fsp3) is 0.250. The average Bonchev–Trinajstić information content (AvgIpc) is 2.89. The van der Waals surface area contributed by atoms with E-state index in [4.69, 9.17) is 9.47 Å². The van der Waals surface area contributed by atoms with Gasteiger partial charge in [0.15, 0.2) is 0 Å². The minimum absolute atomic E-state index is 0.0200. The molecule has 2 aromatic rings. The summed E-state index contributed by atoms with van der Waals surface area (Å²) in [4.78, 5) is 47.5. The van der Waals surface area contributed by atoms with Crippen LogP contribution in [-0.4, -0.2) is 47.4 Å². The van der Waals surface area contributed by atoms with Gasteiger partial charge in [0.1, 0.15) is 25.5 Å². The number of nitro benzene ring substituents is 1.